The predicted octanol–water partition coefficient (Wildman–Crippen LogP) is 3.49. The minimum Gasteiger partial charge on any atom is -0.340 e. The molecule has 0 aromatic heterocycles. The van der Waals surface area contributed by atoms with E-state index in [2.05, 4.69) is 24.3 Å². The normalized spacial score (nSPS) is 18.3. The van der Waals surface area contributed by atoms with Crippen LogP contribution in [0.25, 0.3) is 0 Å². The van der Waals surface area contributed by atoms with E-state index in [9.17, 15) is 4.79 Å². The molecule has 0 N–H and O–H groups in total. The highest BCUT2D eigenvalue weighted by atomic mass is 32.2. The smallest absolute Gasteiger partial charge is 0.240 e. The number of likely N-dealkylation sites (N-methyl/N-ethyl adjacent to an activating group) is 1. The summed E-state index contributed by atoms with van der Waals surface area (Å²) >= 11 is 1.63. The van der Waals surface area contributed by atoms with Gasteiger partial charge in [0.05, 0.1) is 0 Å². The van der Waals surface area contributed by atoms with E-state index in [1.807, 2.05) is 42.3 Å². The highest BCUT2D eigenvalue weighted by Crippen LogP contribution is 2.40. The molecule has 0 spiro atoms. The molecule has 1 aliphatic heterocycles. The Hall–Kier alpha value is -1.74. The van der Waals surface area contributed by atoms with Gasteiger partial charge in [0.2, 0.25) is 5.91 Å². The third-order valence-electron chi connectivity index (χ3n) is 3.34. The molecular formula is C16H15NOS. The lowest BCUT2D eigenvalue weighted by Gasteiger charge is -2.31. The summed E-state index contributed by atoms with van der Waals surface area (Å²) in [6.07, 6.45) is 0. The molecule has 0 radical (unpaired) electrons. The van der Waals surface area contributed by atoms with Crippen molar-refractivity contribution in [2.45, 2.75) is 16.7 Å². The second-order valence-corrected chi connectivity index (χ2v) is 5.88. The van der Waals surface area contributed by atoms with Crippen LogP contribution >= 0.6 is 11.8 Å². The Morgan fingerprint density at radius 1 is 1.05 bits per heavy atom. The monoisotopic (exact) mass is 269 g/mol. The number of carbonyl (C=O) groups excluding carboxylic acids is 1. The summed E-state index contributed by atoms with van der Waals surface area (Å²) in [7, 11) is 1.87. The molecule has 3 rings (SSSR count). The molecule has 1 unspecified atom stereocenters. The fourth-order valence-corrected chi connectivity index (χ4v) is 3.57. The van der Waals surface area contributed by atoms with Crippen molar-refractivity contribution in [2.24, 2.45) is 0 Å². The predicted molar refractivity (Wildman–Crippen MR) is 78.0 cm³/mol. The summed E-state index contributed by atoms with van der Waals surface area (Å²) < 4.78 is 0. The van der Waals surface area contributed by atoms with E-state index >= 15 is 0 Å². The Bertz CT molecular complexity index is 597. The van der Waals surface area contributed by atoms with Crippen molar-refractivity contribution in [3.63, 3.8) is 0 Å². The van der Waals surface area contributed by atoms with E-state index in [1.165, 1.54) is 5.56 Å². The maximum absolute atomic E-state index is 12.4. The molecule has 0 fully saturated rings. The van der Waals surface area contributed by atoms with E-state index in [0.717, 1.165) is 10.5 Å². The molecule has 3 heteroatoms. The van der Waals surface area contributed by atoms with Crippen LogP contribution in [0.1, 0.15) is 16.4 Å². The molecule has 2 aromatic carbocycles. The van der Waals surface area contributed by atoms with Crippen LogP contribution in [0.4, 0.5) is 0 Å². The summed E-state index contributed by atoms with van der Waals surface area (Å²) in [6.45, 7) is 0.709. The van der Waals surface area contributed by atoms with Gasteiger partial charge in [0.1, 0.15) is 5.25 Å². The standard InChI is InChI=1S/C16H15NOS/c1-17-11-12-7-5-6-10-14(12)15(16(17)18)19-13-8-3-2-4-9-13/h2-10,15H,11H2,1H3. The Kier molecular flexibility index (Phi) is 3.30. The summed E-state index contributed by atoms with van der Waals surface area (Å²) in [5.74, 6) is 0.188. The minimum absolute atomic E-state index is 0.127. The van der Waals surface area contributed by atoms with Gasteiger partial charge in [-0.05, 0) is 23.3 Å². The maximum atomic E-state index is 12.4. The van der Waals surface area contributed by atoms with Crippen molar-refractivity contribution in [1.82, 2.24) is 4.90 Å². The number of hydrogen-bond donors (Lipinski definition) is 0. The molecule has 1 heterocycles. The number of fused-ring (bicyclic) bond motifs is 1. The van der Waals surface area contributed by atoms with Crippen molar-refractivity contribution in [2.75, 3.05) is 7.05 Å². The van der Waals surface area contributed by atoms with Crippen LogP contribution in [0.5, 0.6) is 0 Å². The molecular weight excluding hydrogens is 254 g/mol. The van der Waals surface area contributed by atoms with E-state index in [0.29, 0.717) is 6.54 Å². The van der Waals surface area contributed by atoms with Gasteiger partial charge in [-0.25, -0.2) is 0 Å². The van der Waals surface area contributed by atoms with Crippen LogP contribution in [0, 0.1) is 0 Å². The molecule has 1 atom stereocenters. The van der Waals surface area contributed by atoms with Gasteiger partial charge in [-0.3, -0.25) is 4.79 Å². The SMILES string of the molecule is CN1Cc2ccccc2C(Sc2ccccc2)C1=O. The first-order valence-corrected chi connectivity index (χ1v) is 7.18. The first-order chi connectivity index (χ1) is 9.25. The Morgan fingerprint density at radius 3 is 2.53 bits per heavy atom. The molecule has 0 saturated heterocycles. The fourth-order valence-electron chi connectivity index (χ4n) is 2.35. The molecule has 0 bridgehead atoms. The van der Waals surface area contributed by atoms with E-state index in [-0.39, 0.29) is 11.2 Å². The van der Waals surface area contributed by atoms with Crippen molar-refractivity contribution in [3.8, 4) is 0 Å². The molecule has 2 aromatic rings. The van der Waals surface area contributed by atoms with Crippen LogP contribution in [-0.4, -0.2) is 17.9 Å². The van der Waals surface area contributed by atoms with Gasteiger partial charge in [0, 0.05) is 18.5 Å². The number of thioether (sulfide) groups is 1. The van der Waals surface area contributed by atoms with Crippen molar-refractivity contribution >= 4 is 17.7 Å². The molecule has 2 nitrogen and oxygen atoms in total. The zero-order valence-corrected chi connectivity index (χ0v) is 11.6. The van der Waals surface area contributed by atoms with Crippen LogP contribution in [-0.2, 0) is 11.3 Å². The zero-order valence-electron chi connectivity index (χ0n) is 10.7. The van der Waals surface area contributed by atoms with Crippen LogP contribution in [0.2, 0.25) is 0 Å². The van der Waals surface area contributed by atoms with Gasteiger partial charge < -0.3 is 4.90 Å². The third-order valence-corrected chi connectivity index (χ3v) is 4.58. The molecule has 0 aliphatic carbocycles. The van der Waals surface area contributed by atoms with Gasteiger partial charge in [-0.15, -0.1) is 11.8 Å². The van der Waals surface area contributed by atoms with Crippen LogP contribution in [0.3, 0.4) is 0 Å². The first-order valence-electron chi connectivity index (χ1n) is 6.30. The second-order valence-electron chi connectivity index (χ2n) is 4.70. The van der Waals surface area contributed by atoms with Gasteiger partial charge in [0.15, 0.2) is 0 Å². The number of benzene rings is 2. The average molecular weight is 269 g/mol. The topological polar surface area (TPSA) is 20.3 Å². The number of amides is 1. The number of hydrogen-bond acceptors (Lipinski definition) is 2. The lowest BCUT2D eigenvalue weighted by atomic mass is 9.99. The van der Waals surface area contributed by atoms with Gasteiger partial charge >= 0.3 is 0 Å². The molecule has 19 heavy (non-hydrogen) atoms. The quantitative estimate of drug-likeness (QED) is 0.831. The van der Waals surface area contributed by atoms with Gasteiger partial charge in [0.25, 0.3) is 0 Å². The Labute approximate surface area is 117 Å². The molecule has 1 amide bonds. The summed E-state index contributed by atoms with van der Waals surface area (Å²) in [5.41, 5.74) is 2.40. The van der Waals surface area contributed by atoms with E-state index in [4.69, 9.17) is 0 Å². The summed E-state index contributed by atoms with van der Waals surface area (Å²) in [6, 6.07) is 18.3. The minimum atomic E-state index is -0.127. The Balaban J connectivity index is 1.97. The lowest BCUT2D eigenvalue weighted by Crippen LogP contribution is -2.35. The highest BCUT2D eigenvalue weighted by molar-refractivity contribution is 8.00. The van der Waals surface area contributed by atoms with Gasteiger partial charge in [-0.2, -0.15) is 0 Å². The van der Waals surface area contributed by atoms with Crippen LogP contribution in [0.15, 0.2) is 59.5 Å². The number of rotatable bonds is 2. The zero-order chi connectivity index (χ0) is 13.2. The summed E-state index contributed by atoms with van der Waals surface area (Å²) in [5, 5.41) is -0.127. The van der Waals surface area contributed by atoms with E-state index < -0.39 is 0 Å². The lowest BCUT2D eigenvalue weighted by molar-refractivity contribution is -0.130. The molecule has 1 aliphatic rings. The second kappa shape index (κ2) is 5.10. The summed E-state index contributed by atoms with van der Waals surface area (Å²) in [4.78, 5) is 15.3. The van der Waals surface area contributed by atoms with E-state index in [1.54, 1.807) is 11.8 Å². The largest absolute Gasteiger partial charge is 0.340 e. The maximum Gasteiger partial charge on any atom is 0.240 e. The van der Waals surface area contributed by atoms with Crippen molar-refractivity contribution in [3.05, 3.63) is 65.7 Å². The van der Waals surface area contributed by atoms with Crippen LogP contribution < -0.4 is 0 Å². The molecule has 96 valence electrons. The number of carbonyl (C=O) groups is 1. The average Bonchev–Trinajstić information content (AvgIpc) is 2.45. The van der Waals surface area contributed by atoms with Gasteiger partial charge in [-0.1, -0.05) is 42.5 Å². The van der Waals surface area contributed by atoms with Crippen molar-refractivity contribution < 1.29 is 4.79 Å². The molecule has 0 saturated carbocycles. The number of nitrogens with zero attached hydrogens (tertiary/aromatic N) is 1. The third kappa shape index (κ3) is 2.38. The fraction of sp³-hybridized carbons (Fsp3) is 0.188. The first kappa shape index (κ1) is 12.3. The highest BCUT2D eigenvalue weighted by Gasteiger charge is 2.31. The van der Waals surface area contributed by atoms with Crippen molar-refractivity contribution in [1.29, 1.82) is 0 Å². The Morgan fingerprint density at radius 2 is 1.74 bits per heavy atom.